The van der Waals surface area contributed by atoms with Gasteiger partial charge in [0.15, 0.2) is 0 Å². The van der Waals surface area contributed by atoms with E-state index in [2.05, 4.69) is 29.6 Å². The Bertz CT molecular complexity index is 363. The van der Waals surface area contributed by atoms with Crippen LogP contribution in [-0.4, -0.2) is 6.54 Å². The van der Waals surface area contributed by atoms with E-state index in [0.717, 1.165) is 5.69 Å². The average Bonchev–Trinajstić information content (AvgIpc) is 2.26. The molecule has 0 fully saturated rings. The first-order valence-electron chi connectivity index (χ1n) is 5.13. The number of benzene rings is 1. The Morgan fingerprint density at radius 3 is 2.79 bits per heavy atom. The maximum absolute atomic E-state index is 8.45. The number of nitrogens with zero attached hydrogens (tertiary/aromatic N) is 1. The summed E-state index contributed by atoms with van der Waals surface area (Å²) in [6.07, 6.45) is 5.03. The second-order valence-corrected chi connectivity index (χ2v) is 3.70. The van der Waals surface area contributed by atoms with Crippen molar-refractivity contribution in [2.45, 2.75) is 25.7 Å². The molecule has 1 aliphatic carbocycles. The Morgan fingerprint density at radius 2 is 2.00 bits per heavy atom. The summed E-state index contributed by atoms with van der Waals surface area (Å²) in [5.74, 6) is 0. The minimum absolute atomic E-state index is 0.388. The molecule has 0 unspecified atom stereocenters. The van der Waals surface area contributed by atoms with Gasteiger partial charge in [0.2, 0.25) is 0 Å². The monoisotopic (exact) mass is 186 g/mol. The van der Waals surface area contributed by atoms with Crippen molar-refractivity contribution in [3.63, 3.8) is 0 Å². The number of nitriles is 1. The molecule has 2 rings (SSSR count). The summed E-state index contributed by atoms with van der Waals surface area (Å²) in [7, 11) is 0. The third-order valence-corrected chi connectivity index (χ3v) is 2.72. The summed E-state index contributed by atoms with van der Waals surface area (Å²) in [6, 6.07) is 8.53. The molecule has 0 spiro atoms. The Kier molecular flexibility index (Phi) is 2.69. The van der Waals surface area contributed by atoms with Crippen LogP contribution >= 0.6 is 0 Å². The van der Waals surface area contributed by atoms with E-state index in [0.29, 0.717) is 6.54 Å². The first-order valence-corrected chi connectivity index (χ1v) is 5.13. The van der Waals surface area contributed by atoms with Crippen molar-refractivity contribution in [2.75, 3.05) is 11.9 Å². The van der Waals surface area contributed by atoms with Gasteiger partial charge in [-0.05, 0) is 48.9 Å². The van der Waals surface area contributed by atoms with Crippen molar-refractivity contribution in [3.05, 3.63) is 29.3 Å². The summed E-state index contributed by atoms with van der Waals surface area (Å²) in [6.45, 7) is 0.388. The van der Waals surface area contributed by atoms with Gasteiger partial charge in [0.1, 0.15) is 6.54 Å². The molecule has 0 aromatic heterocycles. The van der Waals surface area contributed by atoms with Crippen LogP contribution in [0.5, 0.6) is 0 Å². The third-order valence-electron chi connectivity index (χ3n) is 2.72. The Morgan fingerprint density at radius 1 is 1.21 bits per heavy atom. The van der Waals surface area contributed by atoms with Crippen LogP contribution in [0.2, 0.25) is 0 Å². The molecule has 0 heterocycles. The molecule has 72 valence electrons. The van der Waals surface area contributed by atoms with E-state index in [-0.39, 0.29) is 0 Å². The van der Waals surface area contributed by atoms with Crippen molar-refractivity contribution in [3.8, 4) is 6.07 Å². The van der Waals surface area contributed by atoms with Gasteiger partial charge < -0.3 is 5.32 Å². The third kappa shape index (κ3) is 1.88. The molecule has 2 nitrogen and oxygen atoms in total. The van der Waals surface area contributed by atoms with Gasteiger partial charge in [0, 0.05) is 5.69 Å². The van der Waals surface area contributed by atoms with Crippen LogP contribution in [0.15, 0.2) is 18.2 Å². The number of aryl methyl sites for hydroxylation is 2. The predicted molar refractivity (Wildman–Crippen MR) is 57.2 cm³/mol. The quantitative estimate of drug-likeness (QED) is 0.720. The minimum atomic E-state index is 0.388. The second kappa shape index (κ2) is 4.15. The Hall–Kier alpha value is -1.49. The number of anilines is 1. The van der Waals surface area contributed by atoms with Crippen molar-refractivity contribution in [1.82, 2.24) is 0 Å². The van der Waals surface area contributed by atoms with Crippen LogP contribution in [0.25, 0.3) is 0 Å². The Labute approximate surface area is 84.6 Å². The van der Waals surface area contributed by atoms with Gasteiger partial charge in [0.05, 0.1) is 6.07 Å². The smallest absolute Gasteiger partial charge is 0.103 e. The lowest BCUT2D eigenvalue weighted by molar-refractivity contribution is 0.686. The summed E-state index contributed by atoms with van der Waals surface area (Å²) in [4.78, 5) is 0. The van der Waals surface area contributed by atoms with Crippen LogP contribution in [0.1, 0.15) is 24.0 Å². The van der Waals surface area contributed by atoms with Crippen molar-refractivity contribution >= 4 is 5.69 Å². The molecule has 0 atom stereocenters. The Balaban J connectivity index is 2.17. The van der Waals surface area contributed by atoms with E-state index in [1.54, 1.807) is 0 Å². The zero-order valence-electron chi connectivity index (χ0n) is 8.21. The number of hydrogen-bond acceptors (Lipinski definition) is 2. The van der Waals surface area contributed by atoms with E-state index in [1.165, 1.54) is 36.8 Å². The highest BCUT2D eigenvalue weighted by atomic mass is 14.9. The summed E-state index contributed by atoms with van der Waals surface area (Å²) >= 11 is 0. The topological polar surface area (TPSA) is 35.8 Å². The number of hydrogen-bond donors (Lipinski definition) is 1. The number of fused-ring (bicyclic) bond motifs is 1. The number of rotatable bonds is 2. The summed E-state index contributed by atoms with van der Waals surface area (Å²) < 4.78 is 0. The van der Waals surface area contributed by atoms with Crippen molar-refractivity contribution in [1.29, 1.82) is 5.26 Å². The van der Waals surface area contributed by atoms with E-state index in [9.17, 15) is 0 Å². The predicted octanol–water partition coefficient (Wildman–Crippen LogP) is 2.50. The molecule has 1 aromatic rings. The maximum atomic E-state index is 8.45. The molecule has 0 amide bonds. The molecule has 0 aliphatic heterocycles. The average molecular weight is 186 g/mol. The molecule has 0 radical (unpaired) electrons. The lowest BCUT2D eigenvalue weighted by atomic mass is 9.91. The van der Waals surface area contributed by atoms with Gasteiger partial charge in [0.25, 0.3) is 0 Å². The molecule has 2 heteroatoms. The van der Waals surface area contributed by atoms with Gasteiger partial charge in [-0.3, -0.25) is 0 Å². The van der Waals surface area contributed by atoms with Crippen LogP contribution in [0, 0.1) is 11.3 Å². The van der Waals surface area contributed by atoms with Crippen LogP contribution < -0.4 is 5.32 Å². The van der Waals surface area contributed by atoms with Gasteiger partial charge >= 0.3 is 0 Å². The molecule has 1 N–H and O–H groups in total. The molecule has 14 heavy (non-hydrogen) atoms. The molecular weight excluding hydrogens is 172 g/mol. The second-order valence-electron chi connectivity index (χ2n) is 3.70. The van der Waals surface area contributed by atoms with Gasteiger partial charge in [-0.2, -0.15) is 5.26 Å². The van der Waals surface area contributed by atoms with Crippen molar-refractivity contribution < 1.29 is 0 Å². The molecule has 0 bridgehead atoms. The molecule has 1 aliphatic rings. The highest BCUT2D eigenvalue weighted by Crippen LogP contribution is 2.23. The SMILES string of the molecule is N#CCNc1ccc2c(c1)CCCC2. The standard InChI is InChI=1S/C12H14N2/c13-7-8-14-12-6-5-10-3-1-2-4-11(10)9-12/h5-6,9,14H,1-4,8H2. The highest BCUT2D eigenvalue weighted by molar-refractivity contribution is 5.49. The van der Waals surface area contributed by atoms with Crippen LogP contribution in [0.3, 0.4) is 0 Å². The fraction of sp³-hybridized carbons (Fsp3) is 0.417. The lowest BCUT2D eigenvalue weighted by Crippen LogP contribution is -2.04. The van der Waals surface area contributed by atoms with E-state index in [1.807, 2.05) is 0 Å². The largest absolute Gasteiger partial charge is 0.372 e. The van der Waals surface area contributed by atoms with Gasteiger partial charge in [-0.15, -0.1) is 0 Å². The molecule has 0 saturated carbocycles. The zero-order valence-corrected chi connectivity index (χ0v) is 8.21. The van der Waals surface area contributed by atoms with E-state index < -0.39 is 0 Å². The van der Waals surface area contributed by atoms with E-state index in [4.69, 9.17) is 5.26 Å². The van der Waals surface area contributed by atoms with E-state index >= 15 is 0 Å². The van der Waals surface area contributed by atoms with Crippen molar-refractivity contribution in [2.24, 2.45) is 0 Å². The first-order chi connectivity index (χ1) is 6.90. The van der Waals surface area contributed by atoms with Crippen LogP contribution in [0.4, 0.5) is 5.69 Å². The van der Waals surface area contributed by atoms with Gasteiger partial charge in [-0.1, -0.05) is 6.07 Å². The number of nitrogens with one attached hydrogen (secondary N) is 1. The molecule has 1 aromatic carbocycles. The lowest BCUT2D eigenvalue weighted by Gasteiger charge is -2.16. The maximum Gasteiger partial charge on any atom is 0.103 e. The molecule has 0 saturated heterocycles. The minimum Gasteiger partial charge on any atom is -0.372 e. The zero-order chi connectivity index (χ0) is 9.80. The normalized spacial score (nSPS) is 14.2. The van der Waals surface area contributed by atoms with Gasteiger partial charge in [-0.25, -0.2) is 0 Å². The fourth-order valence-electron chi connectivity index (χ4n) is 1.98. The summed E-state index contributed by atoms with van der Waals surface area (Å²) in [5, 5.41) is 11.5. The molecular formula is C12H14N2. The highest BCUT2D eigenvalue weighted by Gasteiger charge is 2.08. The summed E-state index contributed by atoms with van der Waals surface area (Å²) in [5.41, 5.74) is 4.02. The van der Waals surface area contributed by atoms with Crippen LogP contribution in [-0.2, 0) is 12.8 Å². The first kappa shape index (κ1) is 9.08. The fourth-order valence-corrected chi connectivity index (χ4v) is 1.98.